The summed E-state index contributed by atoms with van der Waals surface area (Å²) in [5.74, 6) is 0.368. The van der Waals surface area contributed by atoms with Crippen molar-refractivity contribution in [3.8, 4) is 0 Å². The molecule has 82 valence electrons. The first-order valence-corrected chi connectivity index (χ1v) is 5.25. The molecule has 0 saturated heterocycles. The first-order valence-electron chi connectivity index (χ1n) is 5.25. The van der Waals surface area contributed by atoms with Crippen LogP contribution in [0.25, 0.3) is 0 Å². The van der Waals surface area contributed by atoms with Crippen LogP contribution in [0.5, 0.6) is 0 Å². The van der Waals surface area contributed by atoms with Gasteiger partial charge in [-0.1, -0.05) is 6.92 Å². The minimum Gasteiger partial charge on any atom is -0.384 e. The van der Waals surface area contributed by atoms with E-state index in [0.717, 1.165) is 12.8 Å². The summed E-state index contributed by atoms with van der Waals surface area (Å²) in [6, 6.07) is 0.366. The van der Waals surface area contributed by atoms with Crippen molar-refractivity contribution in [3.05, 3.63) is 0 Å². The van der Waals surface area contributed by atoms with Crippen LogP contribution in [0.1, 0.15) is 26.2 Å². The van der Waals surface area contributed by atoms with Crippen LogP contribution in [0.2, 0.25) is 0 Å². The van der Waals surface area contributed by atoms with Crippen LogP contribution in [0.3, 0.4) is 0 Å². The van der Waals surface area contributed by atoms with Crippen molar-refractivity contribution in [3.63, 3.8) is 0 Å². The Balaban J connectivity index is 2.01. The average Bonchev–Trinajstić information content (AvgIpc) is 2.09. The fourth-order valence-electron chi connectivity index (χ4n) is 1.40. The summed E-state index contributed by atoms with van der Waals surface area (Å²) in [5.41, 5.74) is 0. The number of amides is 2. The van der Waals surface area contributed by atoms with Crippen molar-refractivity contribution in [2.24, 2.45) is 5.92 Å². The van der Waals surface area contributed by atoms with Gasteiger partial charge >= 0.3 is 6.03 Å². The fourth-order valence-corrected chi connectivity index (χ4v) is 1.40. The molecule has 1 fully saturated rings. The molecule has 0 aliphatic heterocycles. The number of hydrogen-bond donors (Lipinski definition) is 2. The number of rotatable bonds is 5. The number of carbonyl (C=O) groups excluding carboxylic acids is 1. The van der Waals surface area contributed by atoms with Crippen molar-refractivity contribution in [2.75, 3.05) is 20.3 Å². The lowest BCUT2D eigenvalue weighted by Crippen LogP contribution is -2.46. The highest BCUT2D eigenvalue weighted by Crippen LogP contribution is 2.17. The largest absolute Gasteiger partial charge is 0.384 e. The SMILES string of the molecule is COCC(C)CNC(=O)NC1CCC1. The molecular formula is C10H20N2O2. The third-order valence-corrected chi connectivity index (χ3v) is 2.50. The molecular weight excluding hydrogens is 180 g/mol. The molecule has 4 nitrogen and oxygen atoms in total. The second-order valence-electron chi connectivity index (χ2n) is 4.04. The highest BCUT2D eigenvalue weighted by Gasteiger charge is 2.19. The molecule has 1 atom stereocenters. The van der Waals surface area contributed by atoms with Gasteiger partial charge in [0.2, 0.25) is 0 Å². The summed E-state index contributed by atoms with van der Waals surface area (Å²) >= 11 is 0. The van der Waals surface area contributed by atoms with Crippen LogP contribution < -0.4 is 10.6 Å². The standard InChI is InChI=1S/C10H20N2O2/c1-8(7-14-2)6-11-10(13)12-9-4-3-5-9/h8-9H,3-7H2,1-2H3,(H2,11,12,13). The number of nitrogens with one attached hydrogen (secondary N) is 2. The topological polar surface area (TPSA) is 50.4 Å². The zero-order valence-electron chi connectivity index (χ0n) is 9.01. The highest BCUT2D eigenvalue weighted by molar-refractivity contribution is 5.74. The number of hydrogen-bond acceptors (Lipinski definition) is 2. The van der Waals surface area contributed by atoms with Crippen molar-refractivity contribution in [2.45, 2.75) is 32.2 Å². The third kappa shape index (κ3) is 3.96. The molecule has 0 aromatic heterocycles. The van der Waals surface area contributed by atoms with Crippen molar-refractivity contribution < 1.29 is 9.53 Å². The number of ether oxygens (including phenoxy) is 1. The Morgan fingerprint density at radius 1 is 1.57 bits per heavy atom. The van der Waals surface area contributed by atoms with E-state index in [4.69, 9.17) is 4.74 Å². The van der Waals surface area contributed by atoms with Crippen LogP contribution in [-0.4, -0.2) is 32.3 Å². The first-order chi connectivity index (χ1) is 6.72. The van der Waals surface area contributed by atoms with E-state index in [1.807, 2.05) is 6.92 Å². The molecule has 1 rings (SSSR count). The Morgan fingerprint density at radius 2 is 2.29 bits per heavy atom. The van der Waals surface area contributed by atoms with Gasteiger partial charge < -0.3 is 15.4 Å². The van der Waals surface area contributed by atoms with Gasteiger partial charge in [-0.3, -0.25) is 0 Å². The van der Waals surface area contributed by atoms with E-state index in [1.54, 1.807) is 7.11 Å². The Hall–Kier alpha value is -0.770. The lowest BCUT2D eigenvalue weighted by Gasteiger charge is -2.26. The van der Waals surface area contributed by atoms with Crippen LogP contribution in [0.4, 0.5) is 4.79 Å². The van der Waals surface area contributed by atoms with E-state index >= 15 is 0 Å². The third-order valence-electron chi connectivity index (χ3n) is 2.50. The molecule has 4 heteroatoms. The fraction of sp³-hybridized carbons (Fsp3) is 0.900. The van der Waals surface area contributed by atoms with E-state index in [1.165, 1.54) is 6.42 Å². The minimum absolute atomic E-state index is 0.0438. The molecule has 0 aromatic rings. The van der Waals surface area contributed by atoms with Gasteiger partial charge in [0, 0.05) is 19.7 Å². The summed E-state index contributed by atoms with van der Waals surface area (Å²) in [5, 5.41) is 5.76. The Morgan fingerprint density at radius 3 is 2.79 bits per heavy atom. The maximum atomic E-state index is 11.3. The summed E-state index contributed by atoms with van der Waals surface area (Å²) in [6.07, 6.45) is 3.49. The number of methoxy groups -OCH3 is 1. The van der Waals surface area contributed by atoms with Crippen molar-refractivity contribution in [1.82, 2.24) is 10.6 Å². The zero-order chi connectivity index (χ0) is 10.4. The van der Waals surface area contributed by atoms with Crippen LogP contribution >= 0.6 is 0 Å². The van der Waals surface area contributed by atoms with Crippen molar-refractivity contribution in [1.29, 1.82) is 0 Å². The predicted octanol–water partition coefficient (Wildman–Crippen LogP) is 1.12. The van der Waals surface area contributed by atoms with Gasteiger partial charge in [0.1, 0.15) is 0 Å². The molecule has 1 unspecified atom stereocenters. The quantitative estimate of drug-likeness (QED) is 0.698. The summed E-state index contributed by atoms with van der Waals surface area (Å²) < 4.78 is 4.98. The van der Waals surface area contributed by atoms with Gasteiger partial charge in [0.15, 0.2) is 0 Å². The van der Waals surface area contributed by atoms with E-state index in [-0.39, 0.29) is 6.03 Å². The van der Waals surface area contributed by atoms with Crippen molar-refractivity contribution >= 4 is 6.03 Å². The van der Waals surface area contributed by atoms with Crippen LogP contribution in [0.15, 0.2) is 0 Å². The molecule has 1 aliphatic carbocycles. The van der Waals surface area contributed by atoms with E-state index in [9.17, 15) is 4.79 Å². The van der Waals surface area contributed by atoms with Gasteiger partial charge in [0.05, 0.1) is 6.61 Å². The Kier molecular flexibility index (Phi) is 4.73. The molecule has 0 aromatic carbocycles. The second-order valence-corrected chi connectivity index (χ2v) is 4.04. The number of urea groups is 1. The summed E-state index contributed by atoms with van der Waals surface area (Å²) in [6.45, 7) is 3.41. The van der Waals surface area contributed by atoms with Gasteiger partial charge in [0.25, 0.3) is 0 Å². The van der Waals surface area contributed by atoms with E-state index in [0.29, 0.717) is 25.1 Å². The average molecular weight is 200 g/mol. The van der Waals surface area contributed by atoms with Gasteiger partial charge in [-0.05, 0) is 25.2 Å². The maximum absolute atomic E-state index is 11.3. The van der Waals surface area contributed by atoms with Crippen LogP contribution in [-0.2, 0) is 4.74 Å². The molecule has 2 N–H and O–H groups in total. The molecule has 1 aliphatic rings. The maximum Gasteiger partial charge on any atom is 0.315 e. The Labute approximate surface area is 85.4 Å². The van der Waals surface area contributed by atoms with E-state index in [2.05, 4.69) is 10.6 Å². The summed E-state index contributed by atoms with van der Waals surface area (Å²) in [7, 11) is 1.67. The lowest BCUT2D eigenvalue weighted by atomic mass is 9.93. The zero-order valence-corrected chi connectivity index (χ0v) is 9.01. The highest BCUT2D eigenvalue weighted by atomic mass is 16.5. The van der Waals surface area contributed by atoms with E-state index < -0.39 is 0 Å². The molecule has 0 bridgehead atoms. The lowest BCUT2D eigenvalue weighted by molar-refractivity contribution is 0.158. The molecule has 0 spiro atoms. The molecule has 0 radical (unpaired) electrons. The van der Waals surface area contributed by atoms with Gasteiger partial charge in [-0.2, -0.15) is 0 Å². The van der Waals surface area contributed by atoms with Gasteiger partial charge in [-0.15, -0.1) is 0 Å². The first kappa shape index (κ1) is 11.3. The smallest absolute Gasteiger partial charge is 0.315 e. The molecule has 0 heterocycles. The minimum atomic E-state index is -0.0438. The monoisotopic (exact) mass is 200 g/mol. The van der Waals surface area contributed by atoms with Gasteiger partial charge in [-0.25, -0.2) is 4.79 Å². The number of carbonyl (C=O) groups is 1. The molecule has 1 saturated carbocycles. The predicted molar refractivity (Wildman–Crippen MR) is 55.2 cm³/mol. The molecule has 14 heavy (non-hydrogen) atoms. The summed E-state index contributed by atoms with van der Waals surface area (Å²) in [4.78, 5) is 11.3. The molecule has 2 amide bonds. The normalized spacial score (nSPS) is 18.4. The Bertz CT molecular complexity index is 181. The van der Waals surface area contributed by atoms with Crippen LogP contribution in [0, 0.1) is 5.92 Å². The second kappa shape index (κ2) is 5.86.